The SMILES string of the molecule is CC(C)[C@@H](NC(=O)CC(c1ccccc1)(c1ccccc1)c1ccccc1)C(=O)O. The van der Waals surface area contributed by atoms with Crippen LogP contribution in [0, 0.1) is 5.92 Å². The molecule has 154 valence electrons. The van der Waals surface area contributed by atoms with Crippen LogP contribution in [0.25, 0.3) is 0 Å². The van der Waals surface area contributed by atoms with E-state index in [-0.39, 0.29) is 18.2 Å². The molecule has 0 saturated carbocycles. The number of aliphatic carboxylic acids is 1. The van der Waals surface area contributed by atoms with Crippen molar-refractivity contribution in [3.05, 3.63) is 108 Å². The van der Waals surface area contributed by atoms with Crippen molar-refractivity contribution in [2.75, 3.05) is 0 Å². The van der Waals surface area contributed by atoms with Crippen molar-refractivity contribution in [3.8, 4) is 0 Å². The molecule has 0 spiro atoms. The fourth-order valence-electron chi connectivity index (χ4n) is 3.95. The van der Waals surface area contributed by atoms with Gasteiger partial charge in [0.25, 0.3) is 0 Å². The molecule has 3 aromatic rings. The van der Waals surface area contributed by atoms with Crippen LogP contribution in [-0.2, 0) is 15.0 Å². The molecular formula is C26H27NO3. The molecule has 1 amide bonds. The van der Waals surface area contributed by atoms with Gasteiger partial charge in [-0.15, -0.1) is 0 Å². The van der Waals surface area contributed by atoms with E-state index in [2.05, 4.69) is 5.32 Å². The standard InChI is InChI=1S/C26H27NO3/c1-19(2)24(25(29)30)27-23(28)18-26(20-12-6-3-7-13-20,21-14-8-4-9-15-21)22-16-10-5-11-17-22/h3-17,19,24H,18H2,1-2H3,(H,27,28)(H,29,30)/t24-/m1/s1. The van der Waals surface area contributed by atoms with Gasteiger partial charge in [0, 0.05) is 6.42 Å². The zero-order valence-electron chi connectivity index (χ0n) is 17.3. The molecule has 0 aliphatic carbocycles. The van der Waals surface area contributed by atoms with Crippen LogP contribution in [0.3, 0.4) is 0 Å². The third kappa shape index (κ3) is 4.43. The first kappa shape index (κ1) is 21.3. The Morgan fingerprint density at radius 3 is 1.43 bits per heavy atom. The zero-order chi connectivity index (χ0) is 21.6. The quantitative estimate of drug-likeness (QED) is 0.541. The predicted octanol–water partition coefficient (Wildman–Crippen LogP) is 4.64. The maximum absolute atomic E-state index is 13.2. The van der Waals surface area contributed by atoms with E-state index < -0.39 is 17.4 Å². The van der Waals surface area contributed by atoms with Gasteiger partial charge in [-0.2, -0.15) is 0 Å². The normalized spacial score (nSPS) is 12.4. The first-order chi connectivity index (χ1) is 14.4. The molecule has 0 saturated heterocycles. The summed E-state index contributed by atoms with van der Waals surface area (Å²) in [6.45, 7) is 3.58. The summed E-state index contributed by atoms with van der Waals surface area (Å²) < 4.78 is 0. The summed E-state index contributed by atoms with van der Waals surface area (Å²) in [4.78, 5) is 24.9. The third-order valence-electron chi connectivity index (χ3n) is 5.47. The van der Waals surface area contributed by atoms with Crippen LogP contribution < -0.4 is 5.32 Å². The number of carbonyl (C=O) groups is 2. The summed E-state index contributed by atoms with van der Waals surface area (Å²) >= 11 is 0. The van der Waals surface area contributed by atoms with Gasteiger partial charge >= 0.3 is 5.97 Å². The number of carbonyl (C=O) groups excluding carboxylic acids is 1. The fourth-order valence-corrected chi connectivity index (χ4v) is 3.95. The summed E-state index contributed by atoms with van der Waals surface area (Å²) in [7, 11) is 0. The van der Waals surface area contributed by atoms with E-state index >= 15 is 0 Å². The molecule has 4 heteroatoms. The van der Waals surface area contributed by atoms with Gasteiger partial charge in [-0.25, -0.2) is 4.79 Å². The van der Waals surface area contributed by atoms with E-state index in [1.54, 1.807) is 13.8 Å². The molecule has 0 unspecified atom stereocenters. The molecule has 0 aliphatic heterocycles. The lowest BCUT2D eigenvalue weighted by atomic mass is 9.67. The number of nitrogens with one attached hydrogen (secondary N) is 1. The topological polar surface area (TPSA) is 66.4 Å². The number of hydrogen-bond acceptors (Lipinski definition) is 2. The number of carboxylic acid groups (broad SMARTS) is 1. The maximum atomic E-state index is 13.2. The zero-order valence-corrected chi connectivity index (χ0v) is 17.3. The summed E-state index contributed by atoms with van der Waals surface area (Å²) in [5.41, 5.74) is 2.20. The van der Waals surface area contributed by atoms with Gasteiger partial charge in [0.1, 0.15) is 6.04 Å². The van der Waals surface area contributed by atoms with E-state index in [4.69, 9.17) is 0 Å². The van der Waals surface area contributed by atoms with Crippen molar-refractivity contribution >= 4 is 11.9 Å². The molecule has 2 N–H and O–H groups in total. The van der Waals surface area contributed by atoms with Gasteiger partial charge in [-0.3, -0.25) is 4.79 Å². The van der Waals surface area contributed by atoms with E-state index in [0.717, 1.165) is 16.7 Å². The lowest BCUT2D eigenvalue weighted by Gasteiger charge is -2.36. The van der Waals surface area contributed by atoms with Crippen LogP contribution in [0.15, 0.2) is 91.0 Å². The highest BCUT2D eigenvalue weighted by molar-refractivity contribution is 5.85. The Morgan fingerprint density at radius 2 is 1.13 bits per heavy atom. The van der Waals surface area contributed by atoms with Gasteiger partial charge in [0.05, 0.1) is 5.41 Å². The van der Waals surface area contributed by atoms with Crippen LogP contribution in [0.4, 0.5) is 0 Å². The smallest absolute Gasteiger partial charge is 0.326 e. The lowest BCUT2D eigenvalue weighted by molar-refractivity contribution is -0.143. The summed E-state index contributed by atoms with van der Waals surface area (Å²) in [6.07, 6.45) is 0.0987. The summed E-state index contributed by atoms with van der Waals surface area (Å²) in [5, 5.41) is 12.3. The van der Waals surface area contributed by atoms with Gasteiger partial charge in [0.15, 0.2) is 0 Å². The van der Waals surface area contributed by atoms with Crippen molar-refractivity contribution in [2.24, 2.45) is 5.92 Å². The van der Waals surface area contributed by atoms with Crippen molar-refractivity contribution in [1.29, 1.82) is 0 Å². The predicted molar refractivity (Wildman–Crippen MR) is 118 cm³/mol. The minimum atomic E-state index is -1.02. The molecule has 0 bridgehead atoms. The molecule has 3 aromatic carbocycles. The maximum Gasteiger partial charge on any atom is 0.326 e. The average Bonchev–Trinajstić information content (AvgIpc) is 2.77. The van der Waals surface area contributed by atoms with Crippen LogP contribution >= 0.6 is 0 Å². The van der Waals surface area contributed by atoms with E-state index in [9.17, 15) is 14.7 Å². The Kier molecular flexibility index (Phi) is 6.68. The van der Waals surface area contributed by atoms with E-state index in [1.165, 1.54) is 0 Å². The molecule has 0 aliphatic rings. The number of carboxylic acids is 1. The fraction of sp³-hybridized carbons (Fsp3) is 0.231. The van der Waals surface area contributed by atoms with E-state index in [0.29, 0.717) is 0 Å². The average molecular weight is 402 g/mol. The number of amides is 1. The van der Waals surface area contributed by atoms with Crippen LogP contribution in [0.5, 0.6) is 0 Å². The molecule has 1 atom stereocenters. The molecule has 0 heterocycles. The van der Waals surface area contributed by atoms with Gasteiger partial charge in [0.2, 0.25) is 5.91 Å². The Bertz CT molecular complexity index is 872. The number of benzene rings is 3. The first-order valence-corrected chi connectivity index (χ1v) is 10.1. The van der Waals surface area contributed by atoms with E-state index in [1.807, 2.05) is 91.0 Å². The Balaban J connectivity index is 2.14. The Morgan fingerprint density at radius 1 is 0.767 bits per heavy atom. The third-order valence-corrected chi connectivity index (χ3v) is 5.47. The second-order valence-electron chi connectivity index (χ2n) is 7.81. The highest BCUT2D eigenvalue weighted by atomic mass is 16.4. The summed E-state index contributed by atoms with van der Waals surface area (Å²) in [5.74, 6) is -1.54. The van der Waals surface area contributed by atoms with Crippen LogP contribution in [-0.4, -0.2) is 23.0 Å². The van der Waals surface area contributed by atoms with Crippen molar-refractivity contribution in [2.45, 2.75) is 31.7 Å². The summed E-state index contributed by atoms with van der Waals surface area (Å²) in [6, 6.07) is 28.8. The molecule has 30 heavy (non-hydrogen) atoms. The largest absolute Gasteiger partial charge is 0.480 e. The molecule has 3 rings (SSSR count). The van der Waals surface area contributed by atoms with Gasteiger partial charge in [-0.1, -0.05) is 105 Å². The Labute approximate surface area is 177 Å². The highest BCUT2D eigenvalue weighted by Gasteiger charge is 2.39. The molecule has 0 aromatic heterocycles. The second-order valence-corrected chi connectivity index (χ2v) is 7.81. The second kappa shape index (κ2) is 9.40. The van der Waals surface area contributed by atoms with Crippen LogP contribution in [0.1, 0.15) is 37.0 Å². The van der Waals surface area contributed by atoms with Gasteiger partial charge in [-0.05, 0) is 22.6 Å². The Hall–Kier alpha value is -3.40. The van der Waals surface area contributed by atoms with Crippen molar-refractivity contribution in [1.82, 2.24) is 5.32 Å². The monoisotopic (exact) mass is 401 g/mol. The van der Waals surface area contributed by atoms with Gasteiger partial charge < -0.3 is 10.4 Å². The van der Waals surface area contributed by atoms with Crippen molar-refractivity contribution < 1.29 is 14.7 Å². The number of rotatable bonds is 8. The molecular weight excluding hydrogens is 374 g/mol. The minimum Gasteiger partial charge on any atom is -0.480 e. The van der Waals surface area contributed by atoms with Crippen LogP contribution in [0.2, 0.25) is 0 Å². The molecule has 0 radical (unpaired) electrons. The highest BCUT2D eigenvalue weighted by Crippen LogP contribution is 2.42. The van der Waals surface area contributed by atoms with Crippen molar-refractivity contribution in [3.63, 3.8) is 0 Å². The lowest BCUT2D eigenvalue weighted by Crippen LogP contribution is -2.47. The number of hydrogen-bond donors (Lipinski definition) is 2. The minimum absolute atomic E-state index is 0.0987. The molecule has 4 nitrogen and oxygen atoms in total. The first-order valence-electron chi connectivity index (χ1n) is 10.1. The molecule has 0 fully saturated rings.